The van der Waals surface area contributed by atoms with Crippen molar-refractivity contribution in [3.05, 3.63) is 0 Å². The highest BCUT2D eigenvalue weighted by molar-refractivity contribution is 5.73. The summed E-state index contributed by atoms with van der Waals surface area (Å²) in [4.78, 5) is 10.6. The van der Waals surface area contributed by atoms with E-state index < -0.39 is 12.0 Å². The zero-order chi connectivity index (χ0) is 9.78. The SMILES string of the molecule is CC(C)(C)NC(CCN)C(=O)O. The highest BCUT2D eigenvalue weighted by Crippen LogP contribution is 2.03. The lowest BCUT2D eigenvalue weighted by molar-refractivity contribution is -0.140. The standard InChI is InChI=1S/C8H18N2O2/c1-8(2,3)10-6(4-5-9)7(11)12/h6,10H,4-5,9H2,1-3H3,(H,11,12). The number of nitrogens with two attached hydrogens (primary N) is 1. The lowest BCUT2D eigenvalue weighted by atomic mass is 10.1. The summed E-state index contributed by atoms with van der Waals surface area (Å²) in [5, 5.41) is 11.7. The van der Waals surface area contributed by atoms with Crippen molar-refractivity contribution >= 4 is 5.97 Å². The van der Waals surface area contributed by atoms with E-state index in [4.69, 9.17) is 10.8 Å². The molecule has 0 aromatic carbocycles. The molecule has 0 bridgehead atoms. The molecule has 0 saturated heterocycles. The molecule has 0 aliphatic carbocycles. The largest absolute Gasteiger partial charge is 0.480 e. The summed E-state index contributed by atoms with van der Waals surface area (Å²) in [7, 11) is 0. The number of hydrogen-bond acceptors (Lipinski definition) is 3. The first-order valence-corrected chi connectivity index (χ1v) is 4.07. The Morgan fingerprint density at radius 2 is 2.08 bits per heavy atom. The number of carboxylic acids is 1. The first kappa shape index (κ1) is 11.4. The summed E-state index contributed by atoms with van der Waals surface area (Å²) >= 11 is 0. The predicted octanol–water partition coefficient (Wildman–Crippen LogP) is 0.177. The molecule has 4 N–H and O–H groups in total. The smallest absolute Gasteiger partial charge is 0.320 e. The number of nitrogens with one attached hydrogen (secondary N) is 1. The fourth-order valence-corrected chi connectivity index (χ4v) is 0.947. The number of carbonyl (C=O) groups is 1. The van der Waals surface area contributed by atoms with Gasteiger partial charge in [-0.3, -0.25) is 10.1 Å². The molecular formula is C8H18N2O2. The monoisotopic (exact) mass is 174 g/mol. The Balaban J connectivity index is 4.05. The summed E-state index contributed by atoms with van der Waals surface area (Å²) in [6.07, 6.45) is 0.465. The van der Waals surface area contributed by atoms with Crippen molar-refractivity contribution in [3.63, 3.8) is 0 Å². The van der Waals surface area contributed by atoms with E-state index in [1.807, 2.05) is 20.8 Å². The molecule has 4 heteroatoms. The van der Waals surface area contributed by atoms with Crippen molar-refractivity contribution in [1.29, 1.82) is 0 Å². The number of rotatable bonds is 4. The minimum Gasteiger partial charge on any atom is -0.480 e. The minimum atomic E-state index is -0.838. The van der Waals surface area contributed by atoms with E-state index in [0.717, 1.165) is 0 Å². The van der Waals surface area contributed by atoms with E-state index in [2.05, 4.69) is 5.32 Å². The van der Waals surface area contributed by atoms with Crippen LogP contribution in [0.1, 0.15) is 27.2 Å². The van der Waals surface area contributed by atoms with Gasteiger partial charge in [0.05, 0.1) is 0 Å². The summed E-state index contributed by atoms with van der Waals surface area (Å²) in [5.74, 6) is -0.838. The molecule has 0 saturated carbocycles. The second-order valence-corrected chi connectivity index (χ2v) is 3.86. The van der Waals surface area contributed by atoms with Crippen LogP contribution in [0.15, 0.2) is 0 Å². The molecular weight excluding hydrogens is 156 g/mol. The van der Waals surface area contributed by atoms with Crippen LogP contribution in [-0.2, 0) is 4.79 Å². The van der Waals surface area contributed by atoms with Gasteiger partial charge in [0.15, 0.2) is 0 Å². The van der Waals surface area contributed by atoms with E-state index in [1.54, 1.807) is 0 Å². The van der Waals surface area contributed by atoms with E-state index in [9.17, 15) is 4.79 Å². The highest BCUT2D eigenvalue weighted by atomic mass is 16.4. The van der Waals surface area contributed by atoms with Crippen LogP contribution < -0.4 is 11.1 Å². The maximum absolute atomic E-state index is 10.6. The van der Waals surface area contributed by atoms with Gasteiger partial charge in [-0.25, -0.2) is 0 Å². The van der Waals surface area contributed by atoms with Gasteiger partial charge in [0, 0.05) is 5.54 Å². The van der Waals surface area contributed by atoms with Gasteiger partial charge in [0.1, 0.15) is 6.04 Å². The van der Waals surface area contributed by atoms with Gasteiger partial charge in [-0.15, -0.1) is 0 Å². The molecule has 0 rings (SSSR count). The van der Waals surface area contributed by atoms with Crippen molar-refractivity contribution < 1.29 is 9.90 Å². The molecule has 0 heterocycles. The first-order chi connectivity index (χ1) is 5.37. The van der Waals surface area contributed by atoms with Crippen molar-refractivity contribution in [3.8, 4) is 0 Å². The molecule has 0 aliphatic rings. The third-order valence-electron chi connectivity index (χ3n) is 1.36. The Morgan fingerprint density at radius 3 is 2.33 bits per heavy atom. The molecule has 0 amide bonds. The van der Waals surface area contributed by atoms with Crippen LogP contribution in [0.2, 0.25) is 0 Å². The van der Waals surface area contributed by atoms with Crippen molar-refractivity contribution in [2.45, 2.75) is 38.8 Å². The predicted molar refractivity (Wildman–Crippen MR) is 48.0 cm³/mol. The molecule has 1 atom stereocenters. The van der Waals surface area contributed by atoms with Crippen LogP contribution >= 0.6 is 0 Å². The minimum absolute atomic E-state index is 0.182. The van der Waals surface area contributed by atoms with Gasteiger partial charge in [0.2, 0.25) is 0 Å². The Bertz CT molecular complexity index is 152. The molecule has 0 aromatic heterocycles. The molecule has 12 heavy (non-hydrogen) atoms. The number of carboxylic acid groups (broad SMARTS) is 1. The molecule has 0 radical (unpaired) electrons. The normalized spacial score (nSPS) is 14.3. The van der Waals surface area contributed by atoms with Crippen molar-refractivity contribution in [2.75, 3.05) is 6.54 Å². The van der Waals surface area contributed by atoms with E-state index >= 15 is 0 Å². The van der Waals surface area contributed by atoms with Crippen LogP contribution in [0.5, 0.6) is 0 Å². The molecule has 72 valence electrons. The van der Waals surface area contributed by atoms with E-state index in [-0.39, 0.29) is 5.54 Å². The molecule has 0 fully saturated rings. The maximum Gasteiger partial charge on any atom is 0.320 e. The summed E-state index contributed by atoms with van der Waals surface area (Å²) in [6.45, 7) is 6.18. The molecule has 0 aromatic rings. The van der Waals surface area contributed by atoms with E-state index in [1.165, 1.54) is 0 Å². The van der Waals surface area contributed by atoms with Gasteiger partial charge >= 0.3 is 5.97 Å². The Kier molecular flexibility index (Phi) is 4.20. The number of aliphatic carboxylic acids is 1. The van der Waals surface area contributed by atoms with Crippen LogP contribution in [-0.4, -0.2) is 29.2 Å². The van der Waals surface area contributed by atoms with Crippen LogP contribution in [0.4, 0.5) is 0 Å². The van der Waals surface area contributed by atoms with Crippen LogP contribution in [0.25, 0.3) is 0 Å². The zero-order valence-corrected chi connectivity index (χ0v) is 7.92. The number of hydrogen-bond donors (Lipinski definition) is 3. The zero-order valence-electron chi connectivity index (χ0n) is 7.92. The third kappa shape index (κ3) is 5.09. The second kappa shape index (κ2) is 4.42. The fourth-order valence-electron chi connectivity index (χ4n) is 0.947. The fraction of sp³-hybridized carbons (Fsp3) is 0.875. The summed E-state index contributed by atoms with van der Waals surface area (Å²) < 4.78 is 0. The van der Waals surface area contributed by atoms with Crippen molar-refractivity contribution in [2.24, 2.45) is 5.73 Å². The summed E-state index contributed by atoms with van der Waals surface area (Å²) in [6, 6.07) is -0.532. The van der Waals surface area contributed by atoms with Gasteiger partial charge in [-0.05, 0) is 33.7 Å². The van der Waals surface area contributed by atoms with Gasteiger partial charge in [-0.2, -0.15) is 0 Å². The second-order valence-electron chi connectivity index (χ2n) is 3.86. The maximum atomic E-state index is 10.6. The molecule has 0 spiro atoms. The molecule has 4 nitrogen and oxygen atoms in total. The lowest BCUT2D eigenvalue weighted by Crippen LogP contribution is -2.48. The van der Waals surface area contributed by atoms with Crippen molar-refractivity contribution in [1.82, 2.24) is 5.32 Å². The molecule has 1 unspecified atom stereocenters. The molecule has 0 aliphatic heterocycles. The van der Waals surface area contributed by atoms with Gasteiger partial charge in [0.25, 0.3) is 0 Å². The average molecular weight is 174 g/mol. The van der Waals surface area contributed by atoms with Crippen LogP contribution in [0, 0.1) is 0 Å². The van der Waals surface area contributed by atoms with Crippen LogP contribution in [0.3, 0.4) is 0 Å². The van der Waals surface area contributed by atoms with E-state index in [0.29, 0.717) is 13.0 Å². The topological polar surface area (TPSA) is 75.3 Å². The quantitative estimate of drug-likeness (QED) is 0.568. The highest BCUT2D eigenvalue weighted by Gasteiger charge is 2.21. The lowest BCUT2D eigenvalue weighted by Gasteiger charge is -2.25. The Hall–Kier alpha value is -0.610. The Morgan fingerprint density at radius 1 is 1.58 bits per heavy atom. The average Bonchev–Trinajstić information content (AvgIpc) is 1.83. The Labute approximate surface area is 73.1 Å². The third-order valence-corrected chi connectivity index (χ3v) is 1.36. The van der Waals surface area contributed by atoms with Gasteiger partial charge in [-0.1, -0.05) is 0 Å². The van der Waals surface area contributed by atoms with Gasteiger partial charge < -0.3 is 10.8 Å². The first-order valence-electron chi connectivity index (χ1n) is 4.07. The summed E-state index contributed by atoms with van der Waals surface area (Å²) in [5.41, 5.74) is 5.10.